The van der Waals surface area contributed by atoms with Crippen molar-refractivity contribution >= 4 is 23.9 Å². The number of hydrogen-bond donors (Lipinski definition) is 1. The lowest BCUT2D eigenvalue weighted by Crippen LogP contribution is -2.48. The van der Waals surface area contributed by atoms with Gasteiger partial charge in [0.1, 0.15) is 0 Å². The molecule has 1 saturated heterocycles. The van der Waals surface area contributed by atoms with E-state index in [4.69, 9.17) is 0 Å². The third kappa shape index (κ3) is 4.06. The summed E-state index contributed by atoms with van der Waals surface area (Å²) < 4.78 is 0. The number of rotatable bonds is 5. The second kappa shape index (κ2) is 7.84. The van der Waals surface area contributed by atoms with Gasteiger partial charge in [-0.25, -0.2) is 0 Å². The van der Waals surface area contributed by atoms with Gasteiger partial charge in [0.15, 0.2) is 0 Å². The van der Waals surface area contributed by atoms with Crippen molar-refractivity contribution < 1.29 is 14.4 Å². The molecule has 0 unspecified atom stereocenters. The van der Waals surface area contributed by atoms with Gasteiger partial charge in [-0.05, 0) is 48.2 Å². The molecule has 4 rings (SSSR count). The highest BCUT2D eigenvalue weighted by Crippen LogP contribution is 2.30. The number of hydrogen-bond acceptors (Lipinski definition) is 3. The van der Waals surface area contributed by atoms with Crippen molar-refractivity contribution in [3.05, 3.63) is 54.1 Å². The van der Waals surface area contributed by atoms with Gasteiger partial charge in [-0.1, -0.05) is 24.3 Å². The van der Waals surface area contributed by atoms with Crippen molar-refractivity contribution in [3.8, 4) is 11.1 Å². The molecule has 28 heavy (non-hydrogen) atoms. The molecule has 0 aromatic heterocycles. The minimum Gasteiger partial charge on any atom is -0.342 e. The molecule has 6 nitrogen and oxygen atoms in total. The number of piperazine rings is 1. The van der Waals surface area contributed by atoms with Crippen LogP contribution in [0.4, 0.5) is 5.69 Å². The third-order valence-corrected chi connectivity index (χ3v) is 5.32. The highest BCUT2D eigenvalue weighted by Gasteiger charge is 2.29. The second-order valence-corrected chi connectivity index (χ2v) is 7.35. The third-order valence-electron chi connectivity index (χ3n) is 5.32. The van der Waals surface area contributed by atoms with Crippen molar-refractivity contribution in [2.24, 2.45) is 5.92 Å². The Balaban J connectivity index is 1.39. The van der Waals surface area contributed by atoms with E-state index in [9.17, 15) is 14.4 Å². The van der Waals surface area contributed by atoms with E-state index in [-0.39, 0.29) is 17.7 Å². The Bertz CT molecular complexity index is 865. The molecule has 0 radical (unpaired) electrons. The van der Waals surface area contributed by atoms with Crippen molar-refractivity contribution in [3.63, 3.8) is 0 Å². The van der Waals surface area contributed by atoms with E-state index in [1.165, 1.54) is 0 Å². The van der Waals surface area contributed by atoms with E-state index < -0.39 is 0 Å². The lowest BCUT2D eigenvalue weighted by molar-refractivity contribution is -0.119. The molecular weight excluding hydrogens is 354 g/mol. The van der Waals surface area contributed by atoms with Crippen LogP contribution in [-0.2, 0) is 9.59 Å². The highest BCUT2D eigenvalue weighted by molar-refractivity contribution is 5.95. The minimum absolute atomic E-state index is 0.00441. The van der Waals surface area contributed by atoms with Crippen LogP contribution in [0.15, 0.2) is 48.5 Å². The predicted octanol–water partition coefficient (Wildman–Crippen LogP) is 2.62. The van der Waals surface area contributed by atoms with Crippen LogP contribution in [0.25, 0.3) is 11.1 Å². The van der Waals surface area contributed by atoms with Crippen molar-refractivity contribution in [2.45, 2.75) is 12.8 Å². The maximum absolute atomic E-state index is 12.6. The zero-order chi connectivity index (χ0) is 19.5. The van der Waals surface area contributed by atoms with Crippen LogP contribution in [0.1, 0.15) is 23.2 Å². The van der Waals surface area contributed by atoms with Gasteiger partial charge in [0.2, 0.25) is 12.3 Å². The first-order valence-electron chi connectivity index (χ1n) is 9.64. The van der Waals surface area contributed by atoms with Crippen LogP contribution >= 0.6 is 0 Å². The molecule has 1 aliphatic carbocycles. The lowest BCUT2D eigenvalue weighted by atomic mass is 10.0. The maximum atomic E-state index is 12.6. The van der Waals surface area contributed by atoms with E-state index in [1.54, 1.807) is 9.80 Å². The summed E-state index contributed by atoms with van der Waals surface area (Å²) in [7, 11) is 0. The number of benzene rings is 2. The summed E-state index contributed by atoms with van der Waals surface area (Å²) in [4.78, 5) is 38.7. The first-order chi connectivity index (χ1) is 13.6. The molecule has 2 aromatic rings. The summed E-state index contributed by atoms with van der Waals surface area (Å²) in [6.07, 6.45) is 2.81. The largest absolute Gasteiger partial charge is 0.342 e. The fourth-order valence-electron chi connectivity index (χ4n) is 3.35. The molecule has 1 aliphatic heterocycles. The molecule has 2 aliphatic rings. The Morgan fingerprint density at radius 2 is 1.43 bits per heavy atom. The smallest absolute Gasteiger partial charge is 0.253 e. The van der Waals surface area contributed by atoms with Gasteiger partial charge in [0, 0.05) is 43.3 Å². The first-order valence-corrected chi connectivity index (χ1v) is 9.64. The van der Waals surface area contributed by atoms with Gasteiger partial charge in [-0.3, -0.25) is 14.4 Å². The summed E-state index contributed by atoms with van der Waals surface area (Å²) in [5, 5.41) is 2.94. The van der Waals surface area contributed by atoms with Crippen LogP contribution in [-0.4, -0.2) is 54.2 Å². The molecule has 2 aromatic carbocycles. The van der Waals surface area contributed by atoms with Crippen molar-refractivity contribution in [1.82, 2.24) is 9.80 Å². The number of carbonyl (C=O) groups is 3. The summed E-state index contributed by atoms with van der Waals surface area (Å²) >= 11 is 0. The summed E-state index contributed by atoms with van der Waals surface area (Å²) in [5.74, 6) is 0.283. The van der Waals surface area contributed by atoms with Gasteiger partial charge >= 0.3 is 0 Å². The predicted molar refractivity (Wildman–Crippen MR) is 107 cm³/mol. The molecule has 1 heterocycles. The van der Waals surface area contributed by atoms with Gasteiger partial charge in [-0.2, -0.15) is 0 Å². The van der Waals surface area contributed by atoms with E-state index in [2.05, 4.69) is 5.32 Å². The Kier molecular flexibility index (Phi) is 5.10. The highest BCUT2D eigenvalue weighted by atomic mass is 16.2. The van der Waals surface area contributed by atoms with E-state index >= 15 is 0 Å². The first kappa shape index (κ1) is 18.2. The zero-order valence-corrected chi connectivity index (χ0v) is 15.6. The number of anilines is 1. The maximum Gasteiger partial charge on any atom is 0.253 e. The van der Waals surface area contributed by atoms with E-state index in [1.807, 2.05) is 48.5 Å². The number of nitrogens with one attached hydrogen (secondary N) is 1. The van der Waals surface area contributed by atoms with Crippen molar-refractivity contribution in [2.75, 3.05) is 31.5 Å². The van der Waals surface area contributed by atoms with Gasteiger partial charge in [0.05, 0.1) is 0 Å². The average molecular weight is 377 g/mol. The molecule has 1 N–H and O–H groups in total. The normalized spacial score (nSPS) is 16.6. The van der Waals surface area contributed by atoms with Gasteiger partial charge < -0.3 is 15.1 Å². The standard InChI is InChI=1S/C22H23N3O3/c26-15-24-11-13-25(14-12-24)22(28)19-5-1-16(2-6-19)17-7-9-20(10-8-17)23-21(27)18-3-4-18/h1-2,5-10,15,18H,3-4,11-14H2,(H,23,27). The van der Waals surface area contributed by atoms with Crippen LogP contribution in [0.3, 0.4) is 0 Å². The molecule has 1 saturated carbocycles. The lowest BCUT2D eigenvalue weighted by Gasteiger charge is -2.32. The van der Waals surface area contributed by atoms with Crippen LogP contribution in [0, 0.1) is 5.92 Å². The fraction of sp³-hybridized carbons (Fsp3) is 0.318. The Labute approximate surface area is 164 Å². The van der Waals surface area contributed by atoms with E-state index in [0.29, 0.717) is 31.7 Å². The average Bonchev–Trinajstić information content (AvgIpc) is 3.60. The number of amides is 3. The number of nitrogens with zero attached hydrogens (tertiary/aromatic N) is 2. The summed E-state index contributed by atoms with van der Waals surface area (Å²) in [6.45, 7) is 2.29. The zero-order valence-electron chi connectivity index (χ0n) is 15.6. The van der Waals surface area contributed by atoms with Gasteiger partial charge in [-0.15, -0.1) is 0 Å². The van der Waals surface area contributed by atoms with Crippen LogP contribution in [0.2, 0.25) is 0 Å². The molecule has 144 valence electrons. The Morgan fingerprint density at radius 3 is 1.96 bits per heavy atom. The molecule has 3 amide bonds. The topological polar surface area (TPSA) is 69.7 Å². The monoisotopic (exact) mass is 377 g/mol. The molecule has 0 bridgehead atoms. The Morgan fingerprint density at radius 1 is 0.857 bits per heavy atom. The quantitative estimate of drug-likeness (QED) is 0.815. The molecular formula is C22H23N3O3. The van der Waals surface area contributed by atoms with E-state index in [0.717, 1.165) is 36.1 Å². The van der Waals surface area contributed by atoms with Crippen LogP contribution in [0.5, 0.6) is 0 Å². The fourth-order valence-corrected chi connectivity index (χ4v) is 3.35. The molecule has 0 atom stereocenters. The summed E-state index contributed by atoms with van der Waals surface area (Å²) in [5.41, 5.74) is 3.50. The van der Waals surface area contributed by atoms with Crippen molar-refractivity contribution in [1.29, 1.82) is 0 Å². The van der Waals surface area contributed by atoms with Gasteiger partial charge in [0.25, 0.3) is 5.91 Å². The SMILES string of the molecule is O=CN1CCN(C(=O)c2ccc(-c3ccc(NC(=O)C4CC4)cc3)cc2)CC1. The second-order valence-electron chi connectivity index (χ2n) is 7.35. The molecule has 2 fully saturated rings. The Hall–Kier alpha value is -3.15. The summed E-state index contributed by atoms with van der Waals surface area (Å²) in [6, 6.07) is 15.3. The molecule has 6 heteroatoms. The van der Waals surface area contributed by atoms with Crippen LogP contribution < -0.4 is 5.32 Å². The number of carbonyl (C=O) groups excluding carboxylic acids is 3. The minimum atomic E-state index is -0.00441. The molecule has 0 spiro atoms.